The van der Waals surface area contributed by atoms with E-state index in [0.29, 0.717) is 0 Å². The molecule has 1 aliphatic heterocycles. The zero-order valence-corrected chi connectivity index (χ0v) is 7.16. The van der Waals surface area contributed by atoms with Gasteiger partial charge in [-0.25, -0.2) is 0 Å². The molecule has 1 saturated heterocycles. The Bertz CT molecular complexity index is 230. The fourth-order valence-corrected chi connectivity index (χ4v) is 1.17. The summed E-state index contributed by atoms with van der Waals surface area (Å²) >= 11 is 0. The molecule has 0 spiro atoms. The normalized spacial score (nSPS) is 44.6. The van der Waals surface area contributed by atoms with Gasteiger partial charge in [-0.3, -0.25) is 0 Å². The molecule has 0 aromatic heterocycles. The lowest BCUT2D eigenvalue weighted by atomic mass is 10.1. The third-order valence-electron chi connectivity index (χ3n) is 1.87. The Kier molecular flexibility index (Phi) is 2.80. The lowest BCUT2D eigenvalue weighted by molar-refractivity contribution is -0.125. The van der Waals surface area contributed by atoms with Crippen LogP contribution in [0.5, 0.6) is 0 Å². The Balaban J connectivity index is 2.71. The number of ether oxygens (including phenoxy) is 1. The van der Waals surface area contributed by atoms with E-state index < -0.39 is 31.0 Å². The highest BCUT2D eigenvalue weighted by Gasteiger charge is 2.43. The summed E-state index contributed by atoms with van der Waals surface area (Å²) in [6.07, 6.45) is -4.96. The van der Waals surface area contributed by atoms with E-state index in [4.69, 9.17) is 16.3 Å². The molecule has 0 aromatic rings. The summed E-state index contributed by atoms with van der Waals surface area (Å²) < 4.78 is 11.8. The number of allylic oxidation sites excluding steroid dienone is 1. The van der Waals surface area contributed by atoms with Crippen molar-refractivity contribution in [2.45, 2.75) is 37.9 Å². The minimum absolute atomic E-state index is 0.351. The number of aliphatic hydroxyl groups excluding tert-OH is 4. The van der Waals surface area contributed by atoms with Gasteiger partial charge in [0.25, 0.3) is 0 Å². The van der Waals surface area contributed by atoms with Crippen molar-refractivity contribution in [1.29, 1.82) is 0 Å². The standard InChI is InChI=1S/C8H14O5/c1-2-3-4(9)7-5(10)6(11)8(12)13-7/h3,5-12H,2H2,1H3/t5-,6+,7+,8?/m0/s1/i2D/t2?,5-,6+,7+,8?. The van der Waals surface area contributed by atoms with Crippen LogP contribution in [-0.2, 0) is 4.74 Å². The maximum atomic E-state index is 9.36. The number of aliphatic hydroxyl groups is 4. The second kappa shape index (κ2) is 4.06. The van der Waals surface area contributed by atoms with Gasteiger partial charge in [0, 0.05) is 1.37 Å². The van der Waals surface area contributed by atoms with Crippen LogP contribution in [0.1, 0.15) is 14.7 Å². The summed E-state index contributed by atoms with van der Waals surface area (Å²) in [5.74, 6) is -0.351. The van der Waals surface area contributed by atoms with Crippen molar-refractivity contribution in [3.05, 3.63) is 11.8 Å². The molecule has 0 aromatic carbocycles. The van der Waals surface area contributed by atoms with Gasteiger partial charge < -0.3 is 25.2 Å². The second-order valence-electron chi connectivity index (χ2n) is 2.85. The molecule has 0 amide bonds. The zero-order valence-electron chi connectivity index (χ0n) is 8.16. The first-order valence-corrected chi connectivity index (χ1v) is 3.96. The molecule has 0 bridgehead atoms. The summed E-state index contributed by atoms with van der Waals surface area (Å²) in [4.78, 5) is 0. The van der Waals surface area contributed by atoms with Gasteiger partial charge in [0.15, 0.2) is 6.29 Å². The van der Waals surface area contributed by atoms with E-state index in [1.165, 1.54) is 13.0 Å². The summed E-state index contributed by atoms with van der Waals surface area (Å²) in [5.41, 5.74) is 0. The molecule has 0 saturated carbocycles. The Hall–Kier alpha value is -0.620. The van der Waals surface area contributed by atoms with Gasteiger partial charge >= 0.3 is 0 Å². The number of rotatable bonds is 2. The molecule has 2 unspecified atom stereocenters. The highest BCUT2D eigenvalue weighted by molar-refractivity contribution is 5.06. The molecular formula is C8H14O5. The van der Waals surface area contributed by atoms with Gasteiger partial charge in [-0.05, 0) is 12.5 Å². The largest absolute Gasteiger partial charge is 0.510 e. The van der Waals surface area contributed by atoms with Crippen molar-refractivity contribution in [1.82, 2.24) is 0 Å². The van der Waals surface area contributed by atoms with Crippen molar-refractivity contribution in [3.8, 4) is 0 Å². The first-order chi connectivity index (χ1) is 6.43. The molecule has 0 radical (unpaired) electrons. The summed E-state index contributed by atoms with van der Waals surface area (Å²) in [7, 11) is 0. The van der Waals surface area contributed by atoms with Crippen molar-refractivity contribution in [2.75, 3.05) is 0 Å². The average molecular weight is 191 g/mol. The van der Waals surface area contributed by atoms with E-state index in [0.717, 1.165) is 0 Å². The first-order valence-electron chi connectivity index (χ1n) is 4.53. The summed E-state index contributed by atoms with van der Waals surface area (Å²) in [6, 6.07) is 0. The highest BCUT2D eigenvalue weighted by atomic mass is 16.6. The summed E-state index contributed by atoms with van der Waals surface area (Å²) in [6.45, 7) is 1.52. The molecule has 1 rings (SSSR count). The van der Waals surface area contributed by atoms with Crippen molar-refractivity contribution >= 4 is 0 Å². The highest BCUT2D eigenvalue weighted by Crippen LogP contribution is 2.23. The van der Waals surface area contributed by atoms with Gasteiger partial charge in [0.2, 0.25) is 0 Å². The monoisotopic (exact) mass is 191 g/mol. The Morgan fingerprint density at radius 1 is 1.46 bits per heavy atom. The summed E-state index contributed by atoms with van der Waals surface area (Å²) in [5, 5.41) is 36.8. The van der Waals surface area contributed by atoms with Crippen LogP contribution in [0.2, 0.25) is 0 Å². The van der Waals surface area contributed by atoms with Crippen LogP contribution in [0.25, 0.3) is 0 Å². The quantitative estimate of drug-likeness (QED) is 0.432. The van der Waals surface area contributed by atoms with Gasteiger partial charge in [-0.1, -0.05) is 6.92 Å². The second-order valence-corrected chi connectivity index (χ2v) is 2.85. The van der Waals surface area contributed by atoms with Gasteiger partial charge in [-0.2, -0.15) is 0 Å². The molecule has 0 aliphatic carbocycles. The molecule has 5 nitrogen and oxygen atoms in total. The van der Waals surface area contributed by atoms with Crippen LogP contribution in [0.15, 0.2) is 11.8 Å². The van der Waals surface area contributed by atoms with Crippen LogP contribution in [0.4, 0.5) is 0 Å². The molecule has 1 heterocycles. The molecule has 1 aliphatic rings. The first kappa shape index (κ1) is 8.96. The van der Waals surface area contributed by atoms with E-state index >= 15 is 0 Å². The molecule has 1 fully saturated rings. The third-order valence-corrected chi connectivity index (χ3v) is 1.87. The minimum Gasteiger partial charge on any atom is -0.510 e. The fourth-order valence-electron chi connectivity index (χ4n) is 1.17. The van der Waals surface area contributed by atoms with E-state index in [1.807, 2.05) is 0 Å². The fraction of sp³-hybridized carbons (Fsp3) is 0.750. The SMILES string of the molecule is [2H]C(C)C=C(O)[C@H]1OC(O)[C@H](O)[C@@H]1O. The molecular weight excluding hydrogens is 176 g/mol. The van der Waals surface area contributed by atoms with Crippen molar-refractivity contribution < 1.29 is 26.5 Å². The molecule has 5 heteroatoms. The smallest absolute Gasteiger partial charge is 0.184 e. The van der Waals surface area contributed by atoms with Crippen LogP contribution in [0, 0.1) is 0 Å². The van der Waals surface area contributed by atoms with E-state index in [2.05, 4.69) is 0 Å². The minimum atomic E-state index is -1.51. The average Bonchev–Trinajstić information content (AvgIpc) is 2.32. The molecule has 4 N–H and O–H groups in total. The van der Waals surface area contributed by atoms with Gasteiger partial charge in [0.05, 0.1) is 0 Å². The van der Waals surface area contributed by atoms with Crippen molar-refractivity contribution in [3.63, 3.8) is 0 Å². The predicted octanol–water partition coefficient (Wildman–Crippen LogP) is -0.723. The maximum absolute atomic E-state index is 9.36. The van der Waals surface area contributed by atoms with Gasteiger partial charge in [-0.15, -0.1) is 0 Å². The lowest BCUT2D eigenvalue weighted by Gasteiger charge is -2.12. The van der Waals surface area contributed by atoms with Crippen LogP contribution in [0.3, 0.4) is 0 Å². The predicted molar refractivity (Wildman–Crippen MR) is 43.9 cm³/mol. The van der Waals surface area contributed by atoms with E-state index in [1.54, 1.807) is 0 Å². The number of hydrogen-bond acceptors (Lipinski definition) is 5. The topological polar surface area (TPSA) is 90.2 Å². The maximum Gasteiger partial charge on any atom is 0.184 e. The Morgan fingerprint density at radius 3 is 2.46 bits per heavy atom. The van der Waals surface area contributed by atoms with E-state index in [-0.39, 0.29) is 5.76 Å². The van der Waals surface area contributed by atoms with Crippen LogP contribution >= 0.6 is 0 Å². The van der Waals surface area contributed by atoms with Crippen LogP contribution < -0.4 is 0 Å². The molecule has 76 valence electrons. The number of hydrogen-bond donors (Lipinski definition) is 4. The van der Waals surface area contributed by atoms with E-state index in [9.17, 15) is 10.2 Å². The van der Waals surface area contributed by atoms with Gasteiger partial charge in [0.1, 0.15) is 24.1 Å². The van der Waals surface area contributed by atoms with Crippen LogP contribution in [-0.4, -0.2) is 45.0 Å². The zero-order chi connectivity index (χ0) is 10.9. The lowest BCUT2D eigenvalue weighted by Crippen LogP contribution is -2.33. The molecule has 5 atom stereocenters. The Labute approximate surface area is 77.3 Å². The molecule has 13 heavy (non-hydrogen) atoms. The van der Waals surface area contributed by atoms with Crippen molar-refractivity contribution in [2.24, 2.45) is 0 Å². The Morgan fingerprint density at radius 2 is 2.08 bits per heavy atom. The third kappa shape index (κ3) is 2.00.